The molecule has 0 N–H and O–H groups in total. The molecule has 1 aliphatic carbocycles. The van der Waals surface area contributed by atoms with E-state index in [-0.39, 0.29) is 0 Å². The molecule has 0 radical (unpaired) electrons. The van der Waals surface area contributed by atoms with Crippen LogP contribution < -0.4 is 4.90 Å². The van der Waals surface area contributed by atoms with Gasteiger partial charge in [-0.05, 0) is 24.8 Å². The highest BCUT2D eigenvalue weighted by Crippen LogP contribution is 2.33. The maximum absolute atomic E-state index is 5.67. The van der Waals surface area contributed by atoms with Crippen molar-refractivity contribution in [2.45, 2.75) is 39.0 Å². The van der Waals surface area contributed by atoms with E-state index in [2.05, 4.69) is 26.1 Å². The van der Waals surface area contributed by atoms with Crippen LogP contribution in [0.5, 0.6) is 0 Å². The second-order valence-electron chi connectivity index (χ2n) is 6.52. The van der Waals surface area contributed by atoms with Gasteiger partial charge in [-0.25, -0.2) is 9.97 Å². The Balaban J connectivity index is 1.58. The average Bonchev–Trinajstić information content (AvgIpc) is 3.38. The first-order valence-electron chi connectivity index (χ1n) is 8.63. The van der Waals surface area contributed by atoms with Crippen molar-refractivity contribution in [3.63, 3.8) is 0 Å². The lowest BCUT2D eigenvalue weighted by molar-refractivity contribution is 0.144. The Bertz CT molecular complexity index is 708. The van der Waals surface area contributed by atoms with E-state index in [1.165, 1.54) is 24.1 Å². The van der Waals surface area contributed by atoms with Crippen molar-refractivity contribution in [2.75, 3.05) is 18.1 Å². The second kappa shape index (κ2) is 6.73. The normalized spacial score (nSPS) is 16.9. The highest BCUT2D eigenvalue weighted by atomic mass is 16.5. The van der Waals surface area contributed by atoms with E-state index in [0.29, 0.717) is 13.2 Å². The van der Waals surface area contributed by atoms with Crippen LogP contribution in [-0.4, -0.2) is 32.9 Å². The minimum Gasteiger partial charge on any atom is -0.371 e. The molecule has 4 rings (SSSR count). The van der Waals surface area contributed by atoms with Gasteiger partial charge in [-0.2, -0.15) is 5.10 Å². The molecular formula is C18H23N5O. The first-order chi connectivity index (χ1) is 11.8. The van der Waals surface area contributed by atoms with Crippen LogP contribution in [0.2, 0.25) is 0 Å². The number of ether oxygens (including phenoxy) is 1. The van der Waals surface area contributed by atoms with Crippen molar-refractivity contribution in [2.24, 2.45) is 5.92 Å². The molecule has 0 amide bonds. The van der Waals surface area contributed by atoms with Crippen molar-refractivity contribution in [3.05, 3.63) is 48.1 Å². The topological polar surface area (TPSA) is 56.1 Å². The molecule has 6 nitrogen and oxygen atoms in total. The zero-order valence-corrected chi connectivity index (χ0v) is 13.9. The standard InChI is InChI=1S/C18H23N5O/c1-2-10-24-13-16-15-12-22(18-19-7-3-8-20-18)9-6-17(15)23(21-16)11-14-4-5-14/h2-3,7-8,14H,1,4-6,9-13H2. The highest BCUT2D eigenvalue weighted by molar-refractivity contribution is 5.39. The van der Waals surface area contributed by atoms with Crippen molar-refractivity contribution >= 4 is 5.95 Å². The molecule has 2 aromatic heterocycles. The molecule has 1 fully saturated rings. The number of rotatable bonds is 7. The fourth-order valence-corrected chi connectivity index (χ4v) is 3.24. The molecule has 126 valence electrons. The van der Waals surface area contributed by atoms with Gasteiger partial charge in [0, 0.05) is 49.7 Å². The summed E-state index contributed by atoms with van der Waals surface area (Å²) in [5.41, 5.74) is 3.71. The fraction of sp³-hybridized carbons (Fsp3) is 0.500. The molecule has 6 heteroatoms. The third-order valence-corrected chi connectivity index (χ3v) is 4.65. The molecule has 24 heavy (non-hydrogen) atoms. The molecule has 0 saturated heterocycles. The van der Waals surface area contributed by atoms with Crippen molar-refractivity contribution < 1.29 is 4.74 Å². The number of nitrogens with zero attached hydrogens (tertiary/aromatic N) is 5. The van der Waals surface area contributed by atoms with Gasteiger partial charge in [-0.1, -0.05) is 6.08 Å². The monoisotopic (exact) mass is 325 g/mol. The third-order valence-electron chi connectivity index (χ3n) is 4.65. The van der Waals surface area contributed by atoms with E-state index >= 15 is 0 Å². The summed E-state index contributed by atoms with van der Waals surface area (Å²) in [6.45, 7) is 7.58. The van der Waals surface area contributed by atoms with Gasteiger partial charge in [-0.3, -0.25) is 4.68 Å². The molecule has 3 heterocycles. The molecule has 0 atom stereocenters. The largest absolute Gasteiger partial charge is 0.371 e. The van der Waals surface area contributed by atoms with Crippen LogP contribution in [0.4, 0.5) is 5.95 Å². The maximum atomic E-state index is 5.67. The SMILES string of the molecule is C=CCOCc1nn(CC2CC2)c2c1CN(c1ncccn1)CC2. The Labute approximate surface area is 142 Å². The molecule has 2 aliphatic rings. The number of hydrogen-bond acceptors (Lipinski definition) is 5. The zero-order valence-electron chi connectivity index (χ0n) is 13.9. The van der Waals surface area contributed by atoms with Crippen molar-refractivity contribution in [3.8, 4) is 0 Å². The van der Waals surface area contributed by atoms with Crippen LogP contribution >= 0.6 is 0 Å². The molecule has 0 spiro atoms. The highest BCUT2D eigenvalue weighted by Gasteiger charge is 2.29. The number of aromatic nitrogens is 4. The average molecular weight is 325 g/mol. The van der Waals surface area contributed by atoms with Crippen LogP contribution in [0, 0.1) is 5.92 Å². The molecule has 0 bridgehead atoms. The van der Waals surface area contributed by atoms with E-state index in [4.69, 9.17) is 9.84 Å². The molecule has 1 saturated carbocycles. The molecule has 0 unspecified atom stereocenters. The van der Waals surface area contributed by atoms with E-state index in [1.807, 2.05) is 6.07 Å². The van der Waals surface area contributed by atoms with Crippen LogP contribution in [0.25, 0.3) is 0 Å². The summed E-state index contributed by atoms with van der Waals surface area (Å²) in [5, 5.41) is 4.86. The fourth-order valence-electron chi connectivity index (χ4n) is 3.24. The lowest BCUT2D eigenvalue weighted by Crippen LogP contribution is -2.32. The Kier molecular flexibility index (Phi) is 4.30. The van der Waals surface area contributed by atoms with Gasteiger partial charge < -0.3 is 9.64 Å². The van der Waals surface area contributed by atoms with Crippen molar-refractivity contribution in [1.29, 1.82) is 0 Å². The Hall–Kier alpha value is -2.21. The van der Waals surface area contributed by atoms with E-state index in [9.17, 15) is 0 Å². The van der Waals surface area contributed by atoms with Crippen LogP contribution in [0.3, 0.4) is 0 Å². The number of anilines is 1. The second-order valence-corrected chi connectivity index (χ2v) is 6.52. The van der Waals surface area contributed by atoms with Gasteiger partial charge in [0.25, 0.3) is 0 Å². The first-order valence-corrected chi connectivity index (χ1v) is 8.63. The lowest BCUT2D eigenvalue weighted by atomic mass is 10.1. The third kappa shape index (κ3) is 3.19. The van der Waals surface area contributed by atoms with Crippen molar-refractivity contribution in [1.82, 2.24) is 19.7 Å². The van der Waals surface area contributed by atoms with Gasteiger partial charge in [0.2, 0.25) is 5.95 Å². The minimum absolute atomic E-state index is 0.537. The summed E-state index contributed by atoms with van der Waals surface area (Å²) < 4.78 is 7.89. The predicted molar refractivity (Wildman–Crippen MR) is 91.6 cm³/mol. The van der Waals surface area contributed by atoms with Crippen LogP contribution in [-0.2, 0) is 30.9 Å². The Morgan fingerprint density at radius 3 is 2.88 bits per heavy atom. The predicted octanol–water partition coefficient (Wildman–Crippen LogP) is 2.35. The maximum Gasteiger partial charge on any atom is 0.225 e. The number of fused-ring (bicyclic) bond motifs is 1. The van der Waals surface area contributed by atoms with E-state index in [0.717, 1.165) is 43.6 Å². The Morgan fingerprint density at radius 2 is 2.12 bits per heavy atom. The van der Waals surface area contributed by atoms with Gasteiger partial charge in [0.1, 0.15) is 0 Å². The lowest BCUT2D eigenvalue weighted by Gasteiger charge is -2.27. The van der Waals surface area contributed by atoms with Gasteiger partial charge in [-0.15, -0.1) is 6.58 Å². The summed E-state index contributed by atoms with van der Waals surface area (Å²) in [7, 11) is 0. The molecular weight excluding hydrogens is 302 g/mol. The smallest absolute Gasteiger partial charge is 0.225 e. The van der Waals surface area contributed by atoms with Gasteiger partial charge in [0.15, 0.2) is 0 Å². The summed E-state index contributed by atoms with van der Waals surface area (Å²) in [6, 6.07) is 1.85. The molecule has 2 aromatic rings. The van der Waals surface area contributed by atoms with Gasteiger partial charge >= 0.3 is 0 Å². The quantitative estimate of drug-likeness (QED) is 0.578. The van der Waals surface area contributed by atoms with E-state index in [1.54, 1.807) is 18.5 Å². The molecule has 1 aliphatic heterocycles. The van der Waals surface area contributed by atoms with E-state index < -0.39 is 0 Å². The minimum atomic E-state index is 0.537. The van der Waals surface area contributed by atoms with Crippen LogP contribution in [0.15, 0.2) is 31.1 Å². The number of hydrogen-bond donors (Lipinski definition) is 0. The molecule has 0 aromatic carbocycles. The van der Waals surface area contributed by atoms with Gasteiger partial charge in [0.05, 0.1) is 18.9 Å². The summed E-state index contributed by atoms with van der Waals surface area (Å²) in [6.07, 6.45) is 9.01. The summed E-state index contributed by atoms with van der Waals surface area (Å²) >= 11 is 0. The Morgan fingerprint density at radius 1 is 1.29 bits per heavy atom. The first kappa shape index (κ1) is 15.3. The summed E-state index contributed by atoms with van der Waals surface area (Å²) in [5.74, 6) is 1.60. The van der Waals surface area contributed by atoms with Crippen LogP contribution in [0.1, 0.15) is 29.8 Å². The summed E-state index contributed by atoms with van der Waals surface area (Å²) in [4.78, 5) is 11.0. The zero-order chi connectivity index (χ0) is 16.4.